The molecule has 1 heterocycles. The fraction of sp³-hybridized carbons (Fsp3) is 0.200. The van der Waals surface area contributed by atoms with Gasteiger partial charge in [0.05, 0.1) is 11.6 Å². The summed E-state index contributed by atoms with van der Waals surface area (Å²) in [6, 6.07) is 2.24. The van der Waals surface area contributed by atoms with Gasteiger partial charge in [0.25, 0.3) is 0 Å². The van der Waals surface area contributed by atoms with Gasteiger partial charge in [-0.05, 0) is 33.6 Å². The summed E-state index contributed by atoms with van der Waals surface area (Å²) in [4.78, 5) is 11.1. The highest BCUT2D eigenvalue weighted by Crippen LogP contribution is 2.37. The fourth-order valence-corrected chi connectivity index (χ4v) is 2.06. The van der Waals surface area contributed by atoms with Gasteiger partial charge in [-0.3, -0.25) is 10.7 Å². The van der Waals surface area contributed by atoms with Crippen LogP contribution in [-0.2, 0) is 0 Å². The highest BCUT2D eigenvalue weighted by molar-refractivity contribution is 9.10. The minimum Gasteiger partial charge on any atom is -0.503 e. The van der Waals surface area contributed by atoms with Gasteiger partial charge in [-0.1, -0.05) is 0 Å². The maximum Gasteiger partial charge on any atom is 0.321 e. The van der Waals surface area contributed by atoms with Crippen molar-refractivity contribution in [3.63, 3.8) is 0 Å². The van der Waals surface area contributed by atoms with Crippen molar-refractivity contribution in [1.82, 2.24) is 10.6 Å². The Morgan fingerprint density at radius 3 is 2.76 bits per heavy atom. The van der Waals surface area contributed by atoms with Crippen molar-refractivity contribution in [1.29, 1.82) is 5.41 Å². The highest BCUT2D eigenvalue weighted by Gasteiger charge is 2.28. The molecule has 1 aromatic carbocycles. The van der Waals surface area contributed by atoms with E-state index in [1.165, 1.54) is 7.11 Å². The van der Waals surface area contributed by atoms with Gasteiger partial charge in [0.2, 0.25) is 0 Å². The molecule has 1 saturated heterocycles. The van der Waals surface area contributed by atoms with Gasteiger partial charge in [-0.25, -0.2) is 4.79 Å². The van der Waals surface area contributed by atoms with Crippen LogP contribution in [-0.4, -0.2) is 24.1 Å². The lowest BCUT2D eigenvalue weighted by molar-refractivity contribution is 0.248. The first-order valence-electron chi connectivity index (χ1n) is 4.75. The highest BCUT2D eigenvalue weighted by atomic mass is 79.9. The standard InChI is InChI=1S/C10H10BrN3O3/c1-17-6-3-4(2-5(11)8(6)15)7-9(12)14-10(16)13-7/h2-3,7,15H,1H3,(H3,12,13,14,16). The molecule has 4 N–H and O–H groups in total. The fourth-order valence-electron chi connectivity index (χ4n) is 1.60. The van der Waals surface area contributed by atoms with E-state index in [0.717, 1.165) is 0 Å². The van der Waals surface area contributed by atoms with E-state index in [4.69, 9.17) is 10.1 Å². The normalized spacial score (nSPS) is 18.8. The molecule has 1 aliphatic rings. The lowest BCUT2D eigenvalue weighted by Gasteiger charge is -2.13. The first kappa shape index (κ1) is 11.7. The summed E-state index contributed by atoms with van der Waals surface area (Å²) in [5, 5.41) is 22.2. The number of amidine groups is 1. The predicted molar refractivity (Wildman–Crippen MR) is 64.5 cm³/mol. The number of halogens is 1. The van der Waals surface area contributed by atoms with Crippen LogP contribution in [0.4, 0.5) is 4.79 Å². The number of nitrogens with one attached hydrogen (secondary N) is 3. The first-order valence-corrected chi connectivity index (χ1v) is 5.54. The number of hydrogen-bond donors (Lipinski definition) is 4. The van der Waals surface area contributed by atoms with E-state index in [2.05, 4.69) is 26.6 Å². The summed E-state index contributed by atoms with van der Waals surface area (Å²) in [5.41, 5.74) is 0.648. The number of carbonyl (C=O) groups is 1. The number of ether oxygens (including phenoxy) is 1. The second-order valence-corrected chi connectivity index (χ2v) is 4.35. The van der Waals surface area contributed by atoms with E-state index in [1.807, 2.05) is 0 Å². The summed E-state index contributed by atoms with van der Waals surface area (Å²) in [7, 11) is 1.43. The van der Waals surface area contributed by atoms with Gasteiger partial charge in [-0.2, -0.15) is 0 Å². The van der Waals surface area contributed by atoms with Gasteiger partial charge in [0.15, 0.2) is 11.5 Å². The van der Waals surface area contributed by atoms with Crippen molar-refractivity contribution < 1.29 is 14.6 Å². The molecule has 2 amide bonds. The lowest BCUT2D eigenvalue weighted by Crippen LogP contribution is -2.22. The van der Waals surface area contributed by atoms with Crippen LogP contribution >= 0.6 is 15.9 Å². The summed E-state index contributed by atoms with van der Waals surface area (Å²) >= 11 is 3.19. The molecule has 2 rings (SSSR count). The molecule has 0 radical (unpaired) electrons. The average molecular weight is 300 g/mol. The van der Waals surface area contributed by atoms with Crippen molar-refractivity contribution in [3.8, 4) is 11.5 Å². The number of aromatic hydroxyl groups is 1. The molecule has 1 aromatic rings. The Kier molecular flexibility index (Phi) is 2.93. The summed E-state index contributed by atoms with van der Waals surface area (Å²) in [6.45, 7) is 0. The Bertz CT molecular complexity index is 504. The predicted octanol–water partition coefficient (Wildman–Crippen LogP) is 1.49. The second kappa shape index (κ2) is 4.25. The molecule has 90 valence electrons. The monoisotopic (exact) mass is 299 g/mol. The molecule has 0 spiro atoms. The zero-order chi connectivity index (χ0) is 12.6. The zero-order valence-corrected chi connectivity index (χ0v) is 10.5. The van der Waals surface area contributed by atoms with Crippen LogP contribution in [0.3, 0.4) is 0 Å². The van der Waals surface area contributed by atoms with Crippen LogP contribution in [0.1, 0.15) is 11.6 Å². The van der Waals surface area contributed by atoms with Crippen molar-refractivity contribution in [2.45, 2.75) is 6.04 Å². The van der Waals surface area contributed by atoms with E-state index in [9.17, 15) is 9.90 Å². The minimum absolute atomic E-state index is 0.0138. The number of phenols is 1. The van der Waals surface area contributed by atoms with E-state index >= 15 is 0 Å². The average Bonchev–Trinajstić information content (AvgIpc) is 2.61. The van der Waals surface area contributed by atoms with Crippen molar-refractivity contribution in [2.24, 2.45) is 0 Å². The topological polar surface area (TPSA) is 94.4 Å². The smallest absolute Gasteiger partial charge is 0.321 e. The van der Waals surface area contributed by atoms with Crippen LogP contribution < -0.4 is 15.4 Å². The Balaban J connectivity index is 2.43. The molecule has 7 heteroatoms. The number of urea groups is 1. The number of methoxy groups -OCH3 is 1. The lowest BCUT2D eigenvalue weighted by atomic mass is 10.1. The molecule has 1 fully saturated rings. The number of amides is 2. The third-order valence-electron chi connectivity index (χ3n) is 2.42. The van der Waals surface area contributed by atoms with Gasteiger partial charge in [0.1, 0.15) is 11.9 Å². The van der Waals surface area contributed by atoms with Crippen LogP contribution in [0.5, 0.6) is 11.5 Å². The summed E-state index contributed by atoms with van der Waals surface area (Å²) in [5.74, 6) is 0.332. The van der Waals surface area contributed by atoms with Gasteiger partial charge >= 0.3 is 6.03 Å². The summed E-state index contributed by atoms with van der Waals surface area (Å²) < 4.78 is 5.45. The maximum absolute atomic E-state index is 11.1. The first-order chi connectivity index (χ1) is 8.02. The van der Waals surface area contributed by atoms with Gasteiger partial charge < -0.3 is 15.2 Å². The molecule has 1 aliphatic heterocycles. The van der Waals surface area contributed by atoms with Crippen LogP contribution in [0.25, 0.3) is 0 Å². The minimum atomic E-state index is -0.548. The molecule has 17 heavy (non-hydrogen) atoms. The van der Waals surface area contributed by atoms with E-state index in [-0.39, 0.29) is 17.3 Å². The third kappa shape index (κ3) is 2.05. The van der Waals surface area contributed by atoms with Crippen molar-refractivity contribution in [3.05, 3.63) is 22.2 Å². The molecular formula is C10H10BrN3O3. The number of carbonyl (C=O) groups excluding carboxylic acids is 1. The summed E-state index contributed by atoms with van der Waals surface area (Å²) in [6.07, 6.45) is 0. The van der Waals surface area contributed by atoms with E-state index in [0.29, 0.717) is 10.0 Å². The molecular weight excluding hydrogens is 290 g/mol. The third-order valence-corrected chi connectivity index (χ3v) is 3.02. The molecule has 1 atom stereocenters. The Morgan fingerprint density at radius 2 is 2.24 bits per heavy atom. The molecule has 0 aliphatic carbocycles. The molecule has 6 nitrogen and oxygen atoms in total. The van der Waals surface area contributed by atoms with Gasteiger partial charge in [-0.15, -0.1) is 0 Å². The number of rotatable bonds is 2. The molecule has 1 unspecified atom stereocenters. The quantitative estimate of drug-likeness (QED) is 0.666. The number of phenolic OH excluding ortho intramolecular Hbond substituents is 1. The SMILES string of the molecule is COc1cc(C2NC(=O)NC2=N)cc(Br)c1O. The Morgan fingerprint density at radius 1 is 1.53 bits per heavy atom. The van der Waals surface area contributed by atoms with E-state index < -0.39 is 12.1 Å². The Labute approximate surface area is 106 Å². The molecule has 0 saturated carbocycles. The second-order valence-electron chi connectivity index (χ2n) is 3.50. The van der Waals surface area contributed by atoms with Crippen molar-refractivity contribution >= 4 is 27.8 Å². The molecule has 0 aromatic heterocycles. The van der Waals surface area contributed by atoms with Crippen LogP contribution in [0.15, 0.2) is 16.6 Å². The maximum atomic E-state index is 11.1. The number of benzene rings is 1. The zero-order valence-electron chi connectivity index (χ0n) is 8.87. The largest absolute Gasteiger partial charge is 0.503 e. The van der Waals surface area contributed by atoms with E-state index in [1.54, 1.807) is 12.1 Å². The Hall–Kier alpha value is -1.76. The van der Waals surface area contributed by atoms with Crippen LogP contribution in [0.2, 0.25) is 0 Å². The van der Waals surface area contributed by atoms with Crippen molar-refractivity contribution in [2.75, 3.05) is 7.11 Å². The van der Waals surface area contributed by atoms with Gasteiger partial charge in [0, 0.05) is 0 Å². The molecule has 0 bridgehead atoms. The van der Waals surface area contributed by atoms with Crippen LogP contribution in [0, 0.1) is 5.41 Å². The number of hydrogen-bond acceptors (Lipinski definition) is 4.